The van der Waals surface area contributed by atoms with Gasteiger partial charge >= 0.3 is 0 Å². The van der Waals surface area contributed by atoms with Crippen molar-refractivity contribution in [3.05, 3.63) is 104 Å². The van der Waals surface area contributed by atoms with Gasteiger partial charge in [-0.05, 0) is 53.1 Å². The molecule has 8 heteroatoms. The summed E-state index contributed by atoms with van der Waals surface area (Å²) in [6.45, 7) is 0.543. The highest BCUT2D eigenvalue weighted by molar-refractivity contribution is 5.88. The molecule has 0 saturated heterocycles. The topological polar surface area (TPSA) is 81.1 Å². The number of methoxy groups -OCH3 is 2. The quantitative estimate of drug-likeness (QED) is 0.262. The molecule has 3 aromatic carbocycles. The summed E-state index contributed by atoms with van der Waals surface area (Å²) in [6, 6.07) is 22.6. The van der Waals surface area contributed by atoms with E-state index in [1.54, 1.807) is 20.4 Å². The van der Waals surface area contributed by atoms with Crippen molar-refractivity contribution >= 4 is 16.7 Å². The van der Waals surface area contributed by atoms with Crippen molar-refractivity contribution in [2.75, 3.05) is 26.2 Å². The first-order chi connectivity index (χ1) is 19.1. The normalized spacial score (nSPS) is 11.1. The van der Waals surface area contributed by atoms with Gasteiger partial charge in [-0.3, -0.25) is 4.98 Å². The maximum absolute atomic E-state index is 5.60. The SMILES string of the molecule is COc1cccc(OC)c1N(C)Cc1nc2cc(-n3ccnc3)c(-c3ccc(-c4ccncc4)cc3)cc2[nH]1. The molecule has 194 valence electrons. The number of nitrogens with one attached hydrogen (secondary N) is 1. The van der Waals surface area contributed by atoms with Gasteiger partial charge in [0.15, 0.2) is 0 Å². The van der Waals surface area contributed by atoms with Crippen LogP contribution in [0.25, 0.3) is 39.0 Å². The number of pyridine rings is 1. The smallest absolute Gasteiger partial charge is 0.145 e. The van der Waals surface area contributed by atoms with Crippen molar-refractivity contribution in [1.29, 1.82) is 0 Å². The molecule has 0 aliphatic heterocycles. The number of H-pyrrole nitrogens is 1. The van der Waals surface area contributed by atoms with Crippen LogP contribution in [0.3, 0.4) is 0 Å². The van der Waals surface area contributed by atoms with Crippen molar-refractivity contribution < 1.29 is 9.47 Å². The van der Waals surface area contributed by atoms with Crippen molar-refractivity contribution in [2.24, 2.45) is 0 Å². The lowest BCUT2D eigenvalue weighted by Gasteiger charge is -2.23. The van der Waals surface area contributed by atoms with Crippen LogP contribution >= 0.6 is 0 Å². The number of nitrogens with zero attached hydrogens (tertiary/aromatic N) is 5. The zero-order valence-corrected chi connectivity index (χ0v) is 22.0. The summed E-state index contributed by atoms with van der Waals surface area (Å²) in [6.07, 6.45) is 9.17. The summed E-state index contributed by atoms with van der Waals surface area (Å²) in [5.41, 5.74) is 8.18. The number of anilines is 1. The molecule has 0 bridgehead atoms. The van der Waals surface area contributed by atoms with Gasteiger partial charge in [-0.25, -0.2) is 9.97 Å². The molecule has 1 N–H and O–H groups in total. The Hall–Kier alpha value is -5.11. The largest absolute Gasteiger partial charge is 0.494 e. The van der Waals surface area contributed by atoms with E-state index in [9.17, 15) is 0 Å². The predicted octanol–water partition coefficient (Wildman–Crippen LogP) is 6.13. The summed E-state index contributed by atoms with van der Waals surface area (Å²) in [5.74, 6) is 2.32. The fraction of sp³-hybridized carbons (Fsp3) is 0.129. The minimum Gasteiger partial charge on any atom is -0.494 e. The lowest BCUT2D eigenvalue weighted by molar-refractivity contribution is 0.394. The van der Waals surface area contributed by atoms with Crippen LogP contribution in [-0.4, -0.2) is 45.8 Å². The second kappa shape index (κ2) is 10.3. The van der Waals surface area contributed by atoms with E-state index in [1.165, 1.54) is 0 Å². The summed E-state index contributed by atoms with van der Waals surface area (Å²) >= 11 is 0. The summed E-state index contributed by atoms with van der Waals surface area (Å²) in [7, 11) is 5.33. The number of hydrogen-bond donors (Lipinski definition) is 1. The van der Waals surface area contributed by atoms with Crippen molar-refractivity contribution in [1.82, 2.24) is 24.5 Å². The summed E-state index contributed by atoms with van der Waals surface area (Å²) in [5, 5.41) is 0. The Morgan fingerprint density at radius 2 is 1.51 bits per heavy atom. The Bertz CT molecular complexity index is 1690. The second-order valence-corrected chi connectivity index (χ2v) is 9.22. The third-order valence-electron chi connectivity index (χ3n) is 6.81. The van der Waals surface area contributed by atoms with Crippen LogP contribution in [0.1, 0.15) is 5.82 Å². The first-order valence-electron chi connectivity index (χ1n) is 12.6. The molecular formula is C31H28N6O2. The molecule has 0 radical (unpaired) electrons. The van der Waals surface area contributed by atoms with Crippen molar-refractivity contribution in [3.63, 3.8) is 0 Å². The zero-order valence-electron chi connectivity index (χ0n) is 22.0. The van der Waals surface area contributed by atoms with E-state index < -0.39 is 0 Å². The molecule has 0 atom stereocenters. The third kappa shape index (κ3) is 4.68. The highest BCUT2D eigenvalue weighted by Crippen LogP contribution is 2.38. The molecule has 6 rings (SSSR count). The number of hydrogen-bond acceptors (Lipinski definition) is 6. The van der Waals surface area contributed by atoms with Crippen molar-refractivity contribution in [2.45, 2.75) is 6.54 Å². The van der Waals surface area contributed by atoms with Gasteiger partial charge in [-0.15, -0.1) is 0 Å². The molecule has 0 aliphatic rings. The number of rotatable bonds is 8. The van der Waals surface area contributed by atoms with Gasteiger partial charge in [0.2, 0.25) is 0 Å². The molecule has 0 fully saturated rings. The molecule has 39 heavy (non-hydrogen) atoms. The van der Waals surface area contributed by atoms with Gasteiger partial charge in [-0.2, -0.15) is 0 Å². The minimum absolute atomic E-state index is 0.543. The second-order valence-electron chi connectivity index (χ2n) is 9.22. The Morgan fingerprint density at radius 3 is 2.18 bits per heavy atom. The van der Waals surface area contributed by atoms with E-state index in [1.807, 2.05) is 66.9 Å². The standard InChI is InChI=1S/C31H28N6O2/c1-36(31-28(38-2)5-4-6-29(31)39-3)19-30-34-25-17-24(27(18-26(25)35-30)37-16-15-33-20-37)23-9-7-21(8-10-23)22-11-13-32-14-12-22/h4-18,20H,19H2,1-3H3,(H,34,35). The first-order valence-corrected chi connectivity index (χ1v) is 12.6. The van der Waals surface area contributed by atoms with Gasteiger partial charge in [0.05, 0.1) is 43.8 Å². The molecule has 0 saturated carbocycles. The molecule has 0 spiro atoms. The number of ether oxygens (including phenoxy) is 2. The Morgan fingerprint density at radius 1 is 0.821 bits per heavy atom. The predicted molar refractivity (Wildman–Crippen MR) is 154 cm³/mol. The van der Waals surface area contributed by atoms with E-state index >= 15 is 0 Å². The minimum atomic E-state index is 0.543. The number of benzene rings is 3. The molecular weight excluding hydrogens is 488 g/mol. The Kier molecular flexibility index (Phi) is 6.42. The number of aromatic nitrogens is 5. The fourth-order valence-electron chi connectivity index (χ4n) is 4.92. The molecule has 8 nitrogen and oxygen atoms in total. The van der Waals surface area contributed by atoms with Gasteiger partial charge in [0.1, 0.15) is 23.0 Å². The summed E-state index contributed by atoms with van der Waals surface area (Å²) in [4.78, 5) is 18.9. The first kappa shape index (κ1) is 24.2. The van der Waals surface area contributed by atoms with Crippen LogP contribution < -0.4 is 14.4 Å². The van der Waals surface area contributed by atoms with Crippen molar-refractivity contribution in [3.8, 4) is 39.4 Å². The lowest BCUT2D eigenvalue weighted by Crippen LogP contribution is -2.19. The monoisotopic (exact) mass is 516 g/mol. The summed E-state index contributed by atoms with van der Waals surface area (Å²) < 4.78 is 13.2. The molecule has 6 aromatic rings. The van der Waals surface area contributed by atoms with Gasteiger partial charge in [0.25, 0.3) is 0 Å². The van der Waals surface area contributed by atoms with Crippen LogP contribution in [0.5, 0.6) is 11.5 Å². The maximum atomic E-state index is 5.60. The van der Waals surface area contributed by atoms with E-state index in [0.29, 0.717) is 6.54 Å². The molecule has 0 amide bonds. The molecule has 0 unspecified atom stereocenters. The van der Waals surface area contributed by atoms with Gasteiger partial charge in [-0.1, -0.05) is 30.3 Å². The average molecular weight is 517 g/mol. The third-order valence-corrected chi connectivity index (χ3v) is 6.81. The van der Waals surface area contributed by atoms with Gasteiger partial charge < -0.3 is 23.9 Å². The Balaban J connectivity index is 1.38. The Labute approximate surface area is 226 Å². The highest BCUT2D eigenvalue weighted by Gasteiger charge is 2.18. The lowest BCUT2D eigenvalue weighted by atomic mass is 9.99. The molecule has 0 aliphatic carbocycles. The van der Waals surface area contributed by atoms with Crippen LogP contribution in [0.4, 0.5) is 5.69 Å². The maximum Gasteiger partial charge on any atom is 0.145 e. The van der Waals surface area contributed by atoms with Crippen LogP contribution in [0, 0.1) is 0 Å². The molecule has 3 aromatic heterocycles. The van der Waals surface area contributed by atoms with E-state index in [0.717, 1.165) is 62.0 Å². The van der Waals surface area contributed by atoms with E-state index in [-0.39, 0.29) is 0 Å². The van der Waals surface area contributed by atoms with Crippen LogP contribution in [-0.2, 0) is 6.54 Å². The van der Waals surface area contributed by atoms with Crippen LogP contribution in [0.2, 0.25) is 0 Å². The molecule has 3 heterocycles. The van der Waals surface area contributed by atoms with Crippen LogP contribution in [0.15, 0.2) is 97.8 Å². The zero-order chi connectivity index (χ0) is 26.8. The number of para-hydroxylation sites is 1. The number of aromatic amines is 1. The number of imidazole rings is 2. The van der Waals surface area contributed by atoms with Gasteiger partial charge in [0, 0.05) is 37.4 Å². The number of fused-ring (bicyclic) bond motifs is 1. The van der Waals surface area contributed by atoms with E-state index in [4.69, 9.17) is 14.5 Å². The highest BCUT2D eigenvalue weighted by atomic mass is 16.5. The fourth-order valence-corrected chi connectivity index (χ4v) is 4.92. The van der Waals surface area contributed by atoms with E-state index in [2.05, 4.69) is 56.3 Å². The average Bonchev–Trinajstić information content (AvgIpc) is 3.66.